The van der Waals surface area contributed by atoms with Crippen LogP contribution in [0.2, 0.25) is 5.02 Å². The summed E-state index contributed by atoms with van der Waals surface area (Å²) in [6, 6.07) is 1.66. The first kappa shape index (κ1) is 24.4. The normalized spacial score (nSPS) is 22.3. The number of nitrogens with one attached hydrogen (secondary N) is 1. The fraction of sp³-hybridized carbons (Fsp3) is 0.364. The average Bonchev–Trinajstić information content (AvgIpc) is 3.41. The molecule has 12 heteroatoms. The minimum atomic E-state index is -3.04. The molecule has 2 unspecified atom stereocenters. The second-order valence-corrected chi connectivity index (χ2v) is 9.09. The Morgan fingerprint density at radius 2 is 2.24 bits per heavy atom. The zero-order valence-corrected chi connectivity index (χ0v) is 19.5. The van der Waals surface area contributed by atoms with Crippen LogP contribution in [0.3, 0.4) is 0 Å². The van der Waals surface area contributed by atoms with Gasteiger partial charge >= 0.3 is 5.97 Å². The third kappa shape index (κ3) is 5.01. The Morgan fingerprint density at radius 1 is 1.44 bits per heavy atom. The van der Waals surface area contributed by atoms with E-state index in [9.17, 15) is 22.8 Å². The third-order valence-electron chi connectivity index (χ3n) is 5.44. The van der Waals surface area contributed by atoms with E-state index in [4.69, 9.17) is 16.3 Å². The number of esters is 1. The predicted octanol–water partition coefficient (Wildman–Crippen LogP) is 3.75. The van der Waals surface area contributed by atoms with Crippen LogP contribution < -0.4 is 5.32 Å². The molecule has 2 aromatic rings. The van der Waals surface area contributed by atoms with Crippen molar-refractivity contribution >= 4 is 41.0 Å². The summed E-state index contributed by atoms with van der Waals surface area (Å²) in [5.74, 6) is -4.05. The summed E-state index contributed by atoms with van der Waals surface area (Å²) in [7, 11) is 0. The molecule has 180 valence electrons. The number of rotatable bonds is 7. The Bertz CT molecular complexity index is 1160. The second kappa shape index (κ2) is 9.85. The highest BCUT2D eigenvalue weighted by Crippen LogP contribution is 2.38. The van der Waals surface area contributed by atoms with Gasteiger partial charge in [-0.2, -0.15) is 0 Å². The van der Waals surface area contributed by atoms with E-state index in [1.165, 1.54) is 28.4 Å². The van der Waals surface area contributed by atoms with Crippen molar-refractivity contribution in [2.75, 3.05) is 19.7 Å². The number of aliphatic imine (C=N–C) groups is 1. The number of carbonyl (C=O) groups is 2. The molecule has 0 bridgehead atoms. The standard InChI is InChI=1S/C22H20ClF3N4O3S/c1-2-33-21(32)17-16(9-30-11-22(25,26)8-13(30)10-31)28-19(20-27-5-6-34-20)29-18(17)14-4-3-12(24)7-15(14)23/h3-7,10,13,18H,2,8-9,11H2,1H3,(H,28,29). The molecule has 0 saturated carbocycles. The molecule has 1 fully saturated rings. The van der Waals surface area contributed by atoms with Crippen LogP contribution in [0.25, 0.3) is 0 Å². The highest BCUT2D eigenvalue weighted by Gasteiger charge is 2.46. The van der Waals surface area contributed by atoms with Gasteiger partial charge in [0.15, 0.2) is 10.8 Å². The zero-order valence-electron chi connectivity index (χ0n) is 17.9. The summed E-state index contributed by atoms with van der Waals surface area (Å²) in [4.78, 5) is 34.7. The van der Waals surface area contributed by atoms with Gasteiger partial charge < -0.3 is 14.8 Å². The Kier molecular flexibility index (Phi) is 7.06. The van der Waals surface area contributed by atoms with Crippen molar-refractivity contribution in [2.24, 2.45) is 4.99 Å². The van der Waals surface area contributed by atoms with Crippen LogP contribution in [-0.4, -0.2) is 59.6 Å². The van der Waals surface area contributed by atoms with E-state index < -0.39 is 42.8 Å². The number of nitrogens with zero attached hydrogens (tertiary/aromatic N) is 3. The molecule has 7 nitrogen and oxygen atoms in total. The Balaban J connectivity index is 1.84. The molecule has 2 aliphatic rings. The number of aromatic nitrogens is 1. The van der Waals surface area contributed by atoms with Gasteiger partial charge in [-0.05, 0) is 19.1 Å². The first-order valence-electron chi connectivity index (χ1n) is 10.4. The summed E-state index contributed by atoms with van der Waals surface area (Å²) in [6.45, 7) is 0.861. The van der Waals surface area contributed by atoms with Crippen LogP contribution >= 0.6 is 22.9 Å². The molecule has 0 amide bonds. The van der Waals surface area contributed by atoms with Crippen LogP contribution in [0.4, 0.5) is 13.2 Å². The van der Waals surface area contributed by atoms with Gasteiger partial charge in [0.1, 0.15) is 18.1 Å². The molecule has 0 spiro atoms. The summed E-state index contributed by atoms with van der Waals surface area (Å²) in [6.07, 6.45) is 1.43. The Labute approximate surface area is 202 Å². The lowest BCUT2D eigenvalue weighted by Crippen LogP contribution is -2.42. The molecular weight excluding hydrogens is 493 g/mol. The van der Waals surface area contributed by atoms with Crippen molar-refractivity contribution in [3.63, 3.8) is 0 Å². The first-order valence-corrected chi connectivity index (χ1v) is 11.6. The van der Waals surface area contributed by atoms with Crippen molar-refractivity contribution in [2.45, 2.75) is 31.4 Å². The number of halogens is 4. The van der Waals surface area contributed by atoms with Gasteiger partial charge in [0.2, 0.25) is 0 Å². The summed E-state index contributed by atoms with van der Waals surface area (Å²) in [5.41, 5.74) is 0.599. The van der Waals surface area contributed by atoms with E-state index in [0.717, 1.165) is 6.07 Å². The molecule has 1 N–H and O–H groups in total. The lowest BCUT2D eigenvalue weighted by molar-refractivity contribution is -0.139. The Hall–Kier alpha value is -2.76. The number of ether oxygens (including phenoxy) is 1. The maximum Gasteiger partial charge on any atom is 0.338 e. The van der Waals surface area contributed by atoms with Gasteiger partial charge in [0, 0.05) is 40.8 Å². The number of thiazole rings is 1. The van der Waals surface area contributed by atoms with Crippen LogP contribution in [-0.2, 0) is 14.3 Å². The molecular formula is C22H20ClF3N4O3S. The van der Waals surface area contributed by atoms with Crippen LogP contribution in [0.15, 0.2) is 46.0 Å². The summed E-state index contributed by atoms with van der Waals surface area (Å²) >= 11 is 7.59. The minimum Gasteiger partial charge on any atom is -0.463 e. The largest absolute Gasteiger partial charge is 0.463 e. The van der Waals surface area contributed by atoms with Gasteiger partial charge in [-0.25, -0.2) is 22.9 Å². The number of amidine groups is 1. The maximum absolute atomic E-state index is 14.1. The number of hydrogen-bond acceptors (Lipinski definition) is 8. The highest BCUT2D eigenvalue weighted by atomic mass is 35.5. The third-order valence-corrected chi connectivity index (χ3v) is 6.55. The smallest absolute Gasteiger partial charge is 0.338 e. The number of aldehydes is 1. The minimum absolute atomic E-state index is 0.0359. The van der Waals surface area contributed by atoms with Crippen LogP contribution in [0.5, 0.6) is 0 Å². The average molecular weight is 513 g/mol. The SMILES string of the molecule is CCOC(=O)C1=C(CN2CC(F)(F)CC2C=O)NC(c2nccs2)=NC1c1ccc(F)cc1Cl. The van der Waals surface area contributed by atoms with Crippen molar-refractivity contribution in [1.29, 1.82) is 0 Å². The van der Waals surface area contributed by atoms with Crippen LogP contribution in [0.1, 0.15) is 30.0 Å². The van der Waals surface area contributed by atoms with E-state index in [0.29, 0.717) is 16.9 Å². The van der Waals surface area contributed by atoms with Gasteiger partial charge in [-0.1, -0.05) is 17.7 Å². The fourth-order valence-corrected chi connectivity index (χ4v) is 4.85. The lowest BCUT2D eigenvalue weighted by atomic mass is 9.95. The maximum atomic E-state index is 14.1. The van der Waals surface area contributed by atoms with Gasteiger partial charge in [-0.3, -0.25) is 9.89 Å². The van der Waals surface area contributed by atoms with Crippen molar-refractivity contribution in [1.82, 2.24) is 15.2 Å². The van der Waals surface area contributed by atoms with Crippen molar-refractivity contribution in [3.8, 4) is 0 Å². The zero-order chi connectivity index (χ0) is 24.5. The van der Waals surface area contributed by atoms with E-state index >= 15 is 0 Å². The number of likely N-dealkylation sites (tertiary alicyclic amines) is 1. The fourth-order valence-electron chi connectivity index (χ4n) is 3.99. The van der Waals surface area contributed by atoms with E-state index in [2.05, 4.69) is 15.3 Å². The van der Waals surface area contributed by atoms with Gasteiger partial charge in [0.25, 0.3) is 5.92 Å². The van der Waals surface area contributed by atoms with E-state index in [-0.39, 0.29) is 35.3 Å². The van der Waals surface area contributed by atoms with E-state index in [1.807, 2.05) is 0 Å². The van der Waals surface area contributed by atoms with Gasteiger partial charge in [0.05, 0.1) is 24.8 Å². The molecule has 2 aliphatic heterocycles. The molecule has 2 atom stereocenters. The predicted molar refractivity (Wildman–Crippen MR) is 121 cm³/mol. The molecule has 34 heavy (non-hydrogen) atoms. The summed E-state index contributed by atoms with van der Waals surface area (Å²) in [5, 5.41) is 5.29. The molecule has 0 aliphatic carbocycles. The molecule has 1 aromatic carbocycles. The molecule has 3 heterocycles. The lowest BCUT2D eigenvalue weighted by Gasteiger charge is -2.30. The topological polar surface area (TPSA) is 83.9 Å². The number of benzene rings is 1. The molecule has 0 radical (unpaired) electrons. The van der Waals surface area contributed by atoms with Crippen LogP contribution in [0, 0.1) is 5.82 Å². The molecule has 1 aromatic heterocycles. The number of alkyl halides is 2. The van der Waals surface area contributed by atoms with Crippen molar-refractivity contribution < 1.29 is 27.5 Å². The van der Waals surface area contributed by atoms with E-state index in [1.54, 1.807) is 18.5 Å². The monoisotopic (exact) mass is 512 g/mol. The van der Waals surface area contributed by atoms with Crippen molar-refractivity contribution in [3.05, 3.63) is 62.5 Å². The molecule has 4 rings (SSSR count). The second-order valence-electron chi connectivity index (χ2n) is 7.79. The summed E-state index contributed by atoms with van der Waals surface area (Å²) < 4.78 is 47.1. The first-order chi connectivity index (χ1) is 16.2. The number of hydrogen-bond donors (Lipinski definition) is 1. The highest BCUT2D eigenvalue weighted by molar-refractivity contribution is 7.11. The number of carbonyl (C=O) groups excluding carboxylic acids is 2. The quantitative estimate of drug-likeness (QED) is 0.449. The Morgan fingerprint density at radius 3 is 2.88 bits per heavy atom. The van der Waals surface area contributed by atoms with Gasteiger partial charge in [-0.15, -0.1) is 11.3 Å². The molecule has 1 saturated heterocycles.